The molecule has 3 heteroatoms. The summed E-state index contributed by atoms with van der Waals surface area (Å²) in [6.07, 6.45) is 9.13. The van der Waals surface area contributed by atoms with Crippen molar-refractivity contribution in [3.05, 3.63) is 59.7 Å². The third-order valence-corrected chi connectivity index (χ3v) is 4.61. The first-order valence-electron chi connectivity index (χ1n) is 7.57. The Hall–Kier alpha value is -1.38. The molecule has 1 aliphatic heterocycles. The first-order valence-corrected chi connectivity index (χ1v) is 7.95. The van der Waals surface area contributed by atoms with Crippen LogP contribution in [0.15, 0.2) is 54.1 Å². The van der Waals surface area contributed by atoms with Crippen molar-refractivity contribution in [1.29, 1.82) is 0 Å². The molecule has 1 atom stereocenters. The number of likely N-dealkylation sites (tertiary alicyclic amines) is 1. The summed E-state index contributed by atoms with van der Waals surface area (Å²) >= 11 is 6.69. The fourth-order valence-electron chi connectivity index (χ4n) is 3.01. The highest BCUT2D eigenvalue weighted by atomic mass is 35.5. The molecule has 1 aliphatic carbocycles. The molecule has 1 unspecified atom stereocenters. The molecule has 0 amide bonds. The van der Waals surface area contributed by atoms with Gasteiger partial charge in [0.15, 0.2) is 5.78 Å². The lowest BCUT2D eigenvalue weighted by atomic mass is 9.91. The lowest BCUT2D eigenvalue weighted by molar-refractivity contribution is 0.103. The van der Waals surface area contributed by atoms with Crippen molar-refractivity contribution in [3.8, 4) is 0 Å². The molecule has 3 rings (SSSR count). The number of ketones is 1. The highest BCUT2D eigenvalue weighted by Gasteiger charge is 2.30. The topological polar surface area (TPSA) is 20.3 Å². The second kappa shape index (κ2) is 6.17. The summed E-state index contributed by atoms with van der Waals surface area (Å²) < 4.78 is 0. The van der Waals surface area contributed by atoms with Gasteiger partial charge in [0.1, 0.15) is 0 Å². The van der Waals surface area contributed by atoms with Crippen molar-refractivity contribution in [2.75, 3.05) is 19.6 Å². The van der Waals surface area contributed by atoms with Gasteiger partial charge in [-0.1, -0.05) is 48.6 Å². The third-order valence-electron chi connectivity index (χ3n) is 4.21. The molecule has 0 aromatic heterocycles. The second-order valence-electron chi connectivity index (χ2n) is 5.91. The number of hydrogen-bond donors (Lipinski definition) is 0. The highest BCUT2D eigenvalue weighted by molar-refractivity contribution is 6.26. The van der Waals surface area contributed by atoms with Gasteiger partial charge in [0.2, 0.25) is 0 Å². The molecule has 1 aromatic carbocycles. The van der Waals surface area contributed by atoms with E-state index in [1.54, 1.807) is 0 Å². The fraction of sp³-hybridized carbons (Fsp3) is 0.389. The third kappa shape index (κ3) is 3.45. The van der Waals surface area contributed by atoms with E-state index in [0.717, 1.165) is 37.2 Å². The molecule has 0 bridgehead atoms. The maximum absolute atomic E-state index is 12.4. The number of carbonyl (C=O) groups excluding carboxylic acids is 1. The van der Waals surface area contributed by atoms with E-state index in [9.17, 15) is 4.79 Å². The first-order chi connectivity index (χ1) is 10.2. The average molecular weight is 302 g/mol. The van der Waals surface area contributed by atoms with E-state index in [4.69, 9.17) is 11.6 Å². The van der Waals surface area contributed by atoms with Gasteiger partial charge in [-0.3, -0.25) is 4.79 Å². The van der Waals surface area contributed by atoms with Crippen LogP contribution in [0, 0.1) is 0 Å². The molecular formula is C18H20ClNO. The monoisotopic (exact) mass is 301 g/mol. The average Bonchev–Trinajstić information content (AvgIpc) is 3.00. The molecule has 1 aromatic rings. The van der Waals surface area contributed by atoms with Crippen LogP contribution in [0.25, 0.3) is 0 Å². The Bertz CT molecular complexity index is 572. The van der Waals surface area contributed by atoms with Crippen LogP contribution >= 0.6 is 11.6 Å². The number of benzene rings is 1. The van der Waals surface area contributed by atoms with Crippen molar-refractivity contribution in [2.45, 2.75) is 24.1 Å². The number of allylic oxidation sites excluding steroid dienone is 3. The van der Waals surface area contributed by atoms with Gasteiger partial charge in [0.05, 0.1) is 4.87 Å². The number of hydrogen-bond acceptors (Lipinski definition) is 2. The van der Waals surface area contributed by atoms with E-state index in [2.05, 4.69) is 4.90 Å². The van der Waals surface area contributed by atoms with E-state index in [1.165, 1.54) is 12.8 Å². The first kappa shape index (κ1) is 14.6. The van der Waals surface area contributed by atoms with Crippen molar-refractivity contribution in [2.24, 2.45) is 0 Å². The smallest absolute Gasteiger partial charge is 0.192 e. The van der Waals surface area contributed by atoms with Crippen LogP contribution in [0.5, 0.6) is 0 Å². The predicted octanol–water partition coefficient (Wildman–Crippen LogP) is 3.83. The number of rotatable bonds is 4. The van der Waals surface area contributed by atoms with E-state index in [-0.39, 0.29) is 10.7 Å². The normalized spacial score (nSPS) is 25.9. The van der Waals surface area contributed by atoms with E-state index >= 15 is 0 Å². The minimum absolute atomic E-state index is 0.0757. The Balaban J connectivity index is 1.66. The van der Waals surface area contributed by atoms with Gasteiger partial charge in [-0.2, -0.15) is 0 Å². The molecule has 0 radical (unpaired) electrons. The summed E-state index contributed by atoms with van der Waals surface area (Å²) in [5.74, 6) is 0.0757. The SMILES string of the molecule is O=C(C1=CCC(Cl)(CN2CCCC2)C=C1)c1ccccc1. The van der Waals surface area contributed by atoms with E-state index < -0.39 is 0 Å². The largest absolute Gasteiger partial charge is 0.301 e. The summed E-state index contributed by atoms with van der Waals surface area (Å²) in [5.41, 5.74) is 1.48. The number of carbonyl (C=O) groups is 1. The molecular weight excluding hydrogens is 282 g/mol. The number of alkyl halides is 1. The zero-order valence-corrected chi connectivity index (χ0v) is 12.9. The summed E-state index contributed by atoms with van der Waals surface area (Å²) in [4.78, 5) is 14.4. The van der Waals surface area contributed by atoms with Crippen LogP contribution in [0.3, 0.4) is 0 Å². The van der Waals surface area contributed by atoms with Crippen LogP contribution in [-0.4, -0.2) is 35.2 Å². The molecule has 1 heterocycles. The zero-order valence-electron chi connectivity index (χ0n) is 12.1. The molecule has 2 nitrogen and oxygen atoms in total. The molecule has 110 valence electrons. The van der Waals surface area contributed by atoms with Crippen LogP contribution in [-0.2, 0) is 0 Å². The van der Waals surface area contributed by atoms with Gasteiger partial charge in [-0.05, 0) is 32.4 Å². The Morgan fingerprint density at radius 1 is 1.19 bits per heavy atom. The summed E-state index contributed by atoms with van der Waals surface area (Å²) in [7, 11) is 0. The zero-order chi connectivity index (χ0) is 14.7. The van der Waals surface area contributed by atoms with E-state index in [0.29, 0.717) is 0 Å². The summed E-state index contributed by atoms with van der Waals surface area (Å²) in [5, 5.41) is 0. The minimum atomic E-state index is -0.356. The summed E-state index contributed by atoms with van der Waals surface area (Å²) in [6.45, 7) is 3.15. The highest BCUT2D eigenvalue weighted by Crippen LogP contribution is 2.31. The molecule has 0 spiro atoms. The van der Waals surface area contributed by atoms with Gasteiger partial charge in [0.25, 0.3) is 0 Å². The maximum Gasteiger partial charge on any atom is 0.192 e. The second-order valence-corrected chi connectivity index (χ2v) is 6.66. The van der Waals surface area contributed by atoms with Crippen molar-refractivity contribution in [3.63, 3.8) is 0 Å². The molecule has 21 heavy (non-hydrogen) atoms. The lowest BCUT2D eigenvalue weighted by Gasteiger charge is -2.30. The van der Waals surface area contributed by atoms with Gasteiger partial charge >= 0.3 is 0 Å². The number of Topliss-reactive ketones (excluding diaryl/α,β-unsaturated/α-hetero) is 1. The van der Waals surface area contributed by atoms with Crippen molar-refractivity contribution < 1.29 is 4.79 Å². The van der Waals surface area contributed by atoms with Crippen LogP contribution in [0.2, 0.25) is 0 Å². The van der Waals surface area contributed by atoms with Gasteiger partial charge in [-0.15, -0.1) is 11.6 Å². The van der Waals surface area contributed by atoms with Crippen molar-refractivity contribution in [1.82, 2.24) is 4.90 Å². The van der Waals surface area contributed by atoms with Crippen molar-refractivity contribution >= 4 is 17.4 Å². The molecule has 2 aliphatic rings. The lowest BCUT2D eigenvalue weighted by Crippen LogP contribution is -2.37. The predicted molar refractivity (Wildman–Crippen MR) is 86.9 cm³/mol. The summed E-state index contributed by atoms with van der Waals surface area (Å²) in [6, 6.07) is 9.40. The molecule has 1 fully saturated rings. The van der Waals surface area contributed by atoms with Gasteiger partial charge in [0, 0.05) is 17.7 Å². The number of halogens is 1. The van der Waals surface area contributed by atoms with Crippen LogP contribution in [0.1, 0.15) is 29.6 Å². The Labute approximate surface area is 131 Å². The standard InChI is InChI=1S/C18H20ClNO/c19-18(14-20-12-4-5-13-20)10-8-16(9-11-18)17(21)15-6-2-1-3-7-15/h1-3,6-10H,4-5,11-14H2. The Morgan fingerprint density at radius 3 is 2.52 bits per heavy atom. The fourth-order valence-corrected chi connectivity index (χ4v) is 3.32. The Kier molecular flexibility index (Phi) is 4.27. The van der Waals surface area contributed by atoms with Gasteiger partial charge < -0.3 is 4.90 Å². The minimum Gasteiger partial charge on any atom is -0.301 e. The number of nitrogens with zero attached hydrogens (tertiary/aromatic N) is 1. The van der Waals surface area contributed by atoms with Crippen LogP contribution in [0.4, 0.5) is 0 Å². The molecule has 0 saturated carbocycles. The van der Waals surface area contributed by atoms with E-state index in [1.807, 2.05) is 48.6 Å². The molecule has 1 saturated heterocycles. The maximum atomic E-state index is 12.4. The Morgan fingerprint density at radius 2 is 1.90 bits per heavy atom. The quantitative estimate of drug-likeness (QED) is 0.622. The van der Waals surface area contributed by atoms with Crippen LogP contribution < -0.4 is 0 Å². The molecule has 0 N–H and O–H groups in total. The van der Waals surface area contributed by atoms with Gasteiger partial charge in [-0.25, -0.2) is 0 Å².